The standard InChI is InChI=1S/C21H16ClNO3/c1-14-2-11-19(20(24)12-14)23-13-15-3-9-18(10-4-15)26-21(25)16-5-7-17(22)8-6-16/h2-13,24H,1H3. The van der Waals surface area contributed by atoms with Crippen LogP contribution in [0.3, 0.4) is 0 Å². The smallest absolute Gasteiger partial charge is 0.343 e. The van der Waals surface area contributed by atoms with Crippen molar-refractivity contribution in [2.75, 3.05) is 0 Å². The third kappa shape index (κ3) is 4.49. The van der Waals surface area contributed by atoms with Crippen molar-refractivity contribution in [1.29, 1.82) is 0 Å². The van der Waals surface area contributed by atoms with E-state index in [4.69, 9.17) is 16.3 Å². The van der Waals surface area contributed by atoms with Crippen LogP contribution in [0, 0.1) is 6.92 Å². The molecule has 3 rings (SSSR count). The second-order valence-corrected chi connectivity index (χ2v) is 6.15. The predicted octanol–water partition coefficient (Wildman–Crippen LogP) is 5.32. The minimum atomic E-state index is -0.451. The van der Waals surface area contributed by atoms with Gasteiger partial charge in [0, 0.05) is 11.2 Å². The molecule has 4 nitrogen and oxygen atoms in total. The van der Waals surface area contributed by atoms with Gasteiger partial charge in [-0.15, -0.1) is 0 Å². The number of carbonyl (C=O) groups is 1. The van der Waals surface area contributed by atoms with E-state index in [1.165, 1.54) is 0 Å². The van der Waals surface area contributed by atoms with E-state index >= 15 is 0 Å². The average Bonchev–Trinajstić information content (AvgIpc) is 2.63. The molecule has 0 amide bonds. The van der Waals surface area contributed by atoms with Crippen molar-refractivity contribution in [3.63, 3.8) is 0 Å². The molecule has 0 bridgehead atoms. The van der Waals surface area contributed by atoms with Crippen LogP contribution in [0.5, 0.6) is 11.5 Å². The van der Waals surface area contributed by atoms with E-state index in [0.29, 0.717) is 22.0 Å². The van der Waals surface area contributed by atoms with Crippen LogP contribution in [0.25, 0.3) is 0 Å². The van der Waals surface area contributed by atoms with Gasteiger partial charge >= 0.3 is 5.97 Å². The van der Waals surface area contributed by atoms with E-state index in [2.05, 4.69) is 4.99 Å². The molecule has 0 fully saturated rings. The summed E-state index contributed by atoms with van der Waals surface area (Å²) in [5.41, 5.74) is 2.70. The van der Waals surface area contributed by atoms with E-state index < -0.39 is 5.97 Å². The number of aliphatic imine (C=N–C) groups is 1. The highest BCUT2D eigenvalue weighted by molar-refractivity contribution is 6.30. The van der Waals surface area contributed by atoms with Crippen molar-refractivity contribution in [2.45, 2.75) is 6.92 Å². The maximum Gasteiger partial charge on any atom is 0.343 e. The molecule has 0 aliphatic rings. The first-order chi connectivity index (χ1) is 12.5. The lowest BCUT2D eigenvalue weighted by Crippen LogP contribution is -2.08. The lowest BCUT2D eigenvalue weighted by molar-refractivity contribution is 0.0735. The molecule has 0 saturated heterocycles. The van der Waals surface area contributed by atoms with Gasteiger partial charge in [-0.2, -0.15) is 0 Å². The van der Waals surface area contributed by atoms with Crippen LogP contribution in [0.2, 0.25) is 5.02 Å². The van der Waals surface area contributed by atoms with Crippen LogP contribution >= 0.6 is 11.6 Å². The summed E-state index contributed by atoms with van der Waals surface area (Å²) in [6.45, 7) is 1.90. The molecule has 0 radical (unpaired) electrons. The summed E-state index contributed by atoms with van der Waals surface area (Å²) >= 11 is 5.81. The Bertz CT molecular complexity index is 948. The van der Waals surface area contributed by atoms with Crippen LogP contribution < -0.4 is 4.74 Å². The largest absolute Gasteiger partial charge is 0.506 e. The Morgan fingerprint density at radius 2 is 1.73 bits per heavy atom. The Morgan fingerprint density at radius 3 is 2.38 bits per heavy atom. The molecule has 3 aromatic carbocycles. The second-order valence-electron chi connectivity index (χ2n) is 5.72. The number of esters is 1. The molecule has 1 N–H and O–H groups in total. The van der Waals surface area contributed by atoms with Gasteiger partial charge in [-0.05, 0) is 78.7 Å². The summed E-state index contributed by atoms with van der Waals surface area (Å²) in [7, 11) is 0. The Balaban J connectivity index is 1.67. The highest BCUT2D eigenvalue weighted by Gasteiger charge is 2.08. The summed E-state index contributed by atoms with van der Waals surface area (Å²) < 4.78 is 5.32. The van der Waals surface area contributed by atoms with Gasteiger partial charge in [-0.1, -0.05) is 17.7 Å². The third-order valence-electron chi connectivity index (χ3n) is 3.65. The highest BCUT2D eigenvalue weighted by atomic mass is 35.5. The lowest BCUT2D eigenvalue weighted by Gasteiger charge is -2.05. The summed E-state index contributed by atoms with van der Waals surface area (Å²) in [6.07, 6.45) is 1.63. The number of nitrogens with zero attached hydrogens (tertiary/aromatic N) is 1. The van der Waals surface area contributed by atoms with E-state index in [1.807, 2.05) is 13.0 Å². The molecule has 26 heavy (non-hydrogen) atoms. The van der Waals surface area contributed by atoms with Crippen molar-refractivity contribution < 1.29 is 14.6 Å². The van der Waals surface area contributed by atoms with Gasteiger partial charge in [0.1, 0.15) is 17.2 Å². The van der Waals surface area contributed by atoms with Crippen LogP contribution in [0.15, 0.2) is 71.7 Å². The van der Waals surface area contributed by atoms with Crippen molar-refractivity contribution in [1.82, 2.24) is 0 Å². The number of hydrogen-bond acceptors (Lipinski definition) is 4. The highest BCUT2D eigenvalue weighted by Crippen LogP contribution is 2.26. The minimum absolute atomic E-state index is 0.134. The molecule has 0 saturated carbocycles. The van der Waals surface area contributed by atoms with Gasteiger partial charge in [0.2, 0.25) is 0 Å². The fourth-order valence-corrected chi connectivity index (χ4v) is 2.39. The van der Waals surface area contributed by atoms with Crippen LogP contribution in [-0.4, -0.2) is 17.3 Å². The Kier molecular flexibility index (Phi) is 5.34. The molecule has 0 heterocycles. The fraction of sp³-hybridized carbons (Fsp3) is 0.0476. The topological polar surface area (TPSA) is 58.9 Å². The average molecular weight is 366 g/mol. The van der Waals surface area contributed by atoms with E-state index in [0.717, 1.165) is 11.1 Å². The fourth-order valence-electron chi connectivity index (χ4n) is 2.26. The zero-order valence-corrected chi connectivity index (χ0v) is 14.8. The van der Waals surface area contributed by atoms with Gasteiger partial charge < -0.3 is 9.84 Å². The molecule has 0 aromatic heterocycles. The van der Waals surface area contributed by atoms with Crippen LogP contribution in [0.4, 0.5) is 5.69 Å². The molecule has 0 spiro atoms. The number of rotatable bonds is 4. The summed E-state index contributed by atoms with van der Waals surface area (Å²) in [5.74, 6) is 0.114. The van der Waals surface area contributed by atoms with E-state index in [-0.39, 0.29) is 5.75 Å². The zero-order valence-electron chi connectivity index (χ0n) is 14.0. The van der Waals surface area contributed by atoms with Crippen molar-refractivity contribution in [3.8, 4) is 11.5 Å². The monoisotopic (exact) mass is 365 g/mol. The number of carbonyl (C=O) groups excluding carboxylic acids is 1. The van der Waals surface area contributed by atoms with Gasteiger partial charge in [-0.3, -0.25) is 4.99 Å². The number of hydrogen-bond donors (Lipinski definition) is 1. The molecule has 0 unspecified atom stereocenters. The maximum atomic E-state index is 12.1. The van der Waals surface area contributed by atoms with Gasteiger partial charge in [0.15, 0.2) is 0 Å². The van der Waals surface area contributed by atoms with Crippen molar-refractivity contribution in [2.24, 2.45) is 4.99 Å². The first kappa shape index (κ1) is 17.7. The number of halogens is 1. The molecule has 3 aromatic rings. The van der Waals surface area contributed by atoms with Crippen molar-refractivity contribution in [3.05, 3.63) is 88.4 Å². The first-order valence-electron chi connectivity index (χ1n) is 7.93. The summed E-state index contributed by atoms with van der Waals surface area (Å²) in [6, 6.07) is 18.7. The number of phenolic OH excluding ortho intramolecular Hbond substituents is 1. The van der Waals surface area contributed by atoms with Crippen molar-refractivity contribution >= 4 is 29.5 Å². The Labute approximate surface area is 156 Å². The van der Waals surface area contributed by atoms with Gasteiger partial charge in [0.25, 0.3) is 0 Å². The lowest BCUT2D eigenvalue weighted by atomic mass is 10.2. The molecule has 0 aliphatic heterocycles. The van der Waals surface area contributed by atoms with E-state index in [1.54, 1.807) is 66.9 Å². The van der Waals surface area contributed by atoms with Crippen LogP contribution in [-0.2, 0) is 0 Å². The van der Waals surface area contributed by atoms with Gasteiger partial charge in [0.05, 0.1) is 5.56 Å². The number of phenols is 1. The SMILES string of the molecule is Cc1ccc(N=Cc2ccc(OC(=O)c3ccc(Cl)cc3)cc2)c(O)c1. The van der Waals surface area contributed by atoms with Crippen LogP contribution in [0.1, 0.15) is 21.5 Å². The Hall–Kier alpha value is -3.11. The third-order valence-corrected chi connectivity index (χ3v) is 3.91. The Morgan fingerprint density at radius 1 is 1.04 bits per heavy atom. The molecular formula is C21H16ClNO3. The number of aryl methyl sites for hydroxylation is 1. The van der Waals surface area contributed by atoms with Gasteiger partial charge in [-0.25, -0.2) is 4.79 Å². The molecular weight excluding hydrogens is 350 g/mol. The number of ether oxygens (including phenoxy) is 1. The normalized spacial score (nSPS) is 10.8. The molecule has 130 valence electrons. The minimum Gasteiger partial charge on any atom is -0.506 e. The number of benzene rings is 3. The maximum absolute atomic E-state index is 12.1. The quantitative estimate of drug-likeness (QED) is 0.386. The molecule has 0 aliphatic carbocycles. The molecule has 0 atom stereocenters. The first-order valence-corrected chi connectivity index (χ1v) is 8.30. The zero-order chi connectivity index (χ0) is 18.5. The van der Waals surface area contributed by atoms with E-state index in [9.17, 15) is 9.90 Å². The second kappa shape index (κ2) is 7.85. The summed E-state index contributed by atoms with van der Waals surface area (Å²) in [4.78, 5) is 16.3. The molecule has 5 heteroatoms. The summed E-state index contributed by atoms with van der Waals surface area (Å²) in [5, 5.41) is 10.4. The predicted molar refractivity (Wildman–Crippen MR) is 103 cm³/mol. The number of aromatic hydroxyl groups is 1.